The summed E-state index contributed by atoms with van der Waals surface area (Å²) in [5.41, 5.74) is 1.85. The van der Waals surface area contributed by atoms with Gasteiger partial charge in [-0.2, -0.15) is 0 Å². The minimum Gasteiger partial charge on any atom is -0.352 e. The Labute approximate surface area is 157 Å². The second kappa shape index (κ2) is 9.60. The predicted octanol–water partition coefficient (Wildman–Crippen LogP) is 3.76. The van der Waals surface area contributed by atoms with Crippen molar-refractivity contribution in [1.29, 1.82) is 0 Å². The summed E-state index contributed by atoms with van der Waals surface area (Å²) in [6.07, 6.45) is 3.01. The van der Waals surface area contributed by atoms with E-state index in [0.717, 1.165) is 31.4 Å². The van der Waals surface area contributed by atoms with Crippen molar-refractivity contribution in [3.63, 3.8) is 0 Å². The standard InChI is InChI=1S/C21H33N3O2/c1-15(2)10-11-22-20(25)18-8-5-7-17(13-18)19-9-6-12-24(14-19)21(26)23-16(3)4/h5,7-8,13,15-16,19H,6,9-12,14H2,1-4H3,(H,22,25)(H,23,26). The third kappa shape index (κ3) is 6.04. The zero-order valence-electron chi connectivity index (χ0n) is 16.5. The van der Waals surface area contributed by atoms with Gasteiger partial charge in [-0.15, -0.1) is 0 Å². The number of amides is 3. The molecular weight excluding hydrogens is 326 g/mol. The van der Waals surface area contributed by atoms with Gasteiger partial charge in [-0.3, -0.25) is 4.79 Å². The number of hydrogen-bond acceptors (Lipinski definition) is 2. The molecular formula is C21H33N3O2. The molecule has 0 aromatic heterocycles. The van der Waals surface area contributed by atoms with Crippen LogP contribution in [0.15, 0.2) is 24.3 Å². The van der Waals surface area contributed by atoms with Gasteiger partial charge in [-0.05, 0) is 56.7 Å². The first-order chi connectivity index (χ1) is 12.4. The third-order valence-corrected chi connectivity index (χ3v) is 4.75. The highest BCUT2D eigenvalue weighted by Gasteiger charge is 2.25. The van der Waals surface area contributed by atoms with Crippen molar-refractivity contribution in [2.24, 2.45) is 5.92 Å². The maximum atomic E-state index is 12.4. The van der Waals surface area contributed by atoms with Crippen molar-refractivity contribution in [3.05, 3.63) is 35.4 Å². The number of piperidine rings is 1. The summed E-state index contributed by atoms with van der Waals surface area (Å²) < 4.78 is 0. The maximum absolute atomic E-state index is 12.4. The molecule has 0 spiro atoms. The quantitative estimate of drug-likeness (QED) is 0.812. The number of likely N-dealkylation sites (tertiary alicyclic amines) is 1. The molecule has 1 aromatic rings. The first-order valence-electron chi connectivity index (χ1n) is 9.80. The number of nitrogens with one attached hydrogen (secondary N) is 2. The highest BCUT2D eigenvalue weighted by molar-refractivity contribution is 5.94. The number of urea groups is 1. The average Bonchev–Trinajstić information content (AvgIpc) is 2.61. The highest BCUT2D eigenvalue weighted by Crippen LogP contribution is 2.27. The molecule has 2 N–H and O–H groups in total. The molecule has 1 saturated heterocycles. The fraction of sp³-hybridized carbons (Fsp3) is 0.619. The molecule has 5 heteroatoms. The number of nitrogens with zero attached hydrogens (tertiary/aromatic N) is 1. The van der Waals surface area contributed by atoms with Crippen LogP contribution in [0.3, 0.4) is 0 Å². The van der Waals surface area contributed by atoms with Crippen LogP contribution in [0, 0.1) is 5.92 Å². The smallest absolute Gasteiger partial charge is 0.317 e. The van der Waals surface area contributed by atoms with Crippen molar-refractivity contribution < 1.29 is 9.59 Å². The van der Waals surface area contributed by atoms with Gasteiger partial charge in [0, 0.05) is 37.2 Å². The molecule has 144 valence electrons. The maximum Gasteiger partial charge on any atom is 0.317 e. The van der Waals surface area contributed by atoms with E-state index in [1.807, 2.05) is 36.9 Å². The second-order valence-corrected chi connectivity index (χ2v) is 7.95. The molecule has 1 aromatic carbocycles. The van der Waals surface area contributed by atoms with E-state index in [2.05, 4.69) is 30.5 Å². The van der Waals surface area contributed by atoms with E-state index in [1.165, 1.54) is 0 Å². The summed E-state index contributed by atoms with van der Waals surface area (Å²) >= 11 is 0. The normalized spacial score (nSPS) is 17.5. The molecule has 0 saturated carbocycles. The lowest BCUT2D eigenvalue weighted by Gasteiger charge is -2.33. The largest absolute Gasteiger partial charge is 0.352 e. The third-order valence-electron chi connectivity index (χ3n) is 4.75. The summed E-state index contributed by atoms with van der Waals surface area (Å²) in [4.78, 5) is 26.5. The Hall–Kier alpha value is -2.04. The zero-order valence-corrected chi connectivity index (χ0v) is 16.5. The fourth-order valence-electron chi connectivity index (χ4n) is 3.28. The minimum absolute atomic E-state index is 0.00674. The molecule has 0 bridgehead atoms. The Morgan fingerprint density at radius 3 is 2.69 bits per heavy atom. The Balaban J connectivity index is 2.00. The van der Waals surface area contributed by atoms with Crippen molar-refractivity contribution in [1.82, 2.24) is 15.5 Å². The van der Waals surface area contributed by atoms with Gasteiger partial charge in [-0.25, -0.2) is 4.79 Å². The van der Waals surface area contributed by atoms with E-state index in [1.54, 1.807) is 0 Å². The minimum atomic E-state index is -0.0160. The van der Waals surface area contributed by atoms with Gasteiger partial charge in [0.2, 0.25) is 0 Å². The van der Waals surface area contributed by atoms with Gasteiger partial charge in [0.25, 0.3) is 5.91 Å². The number of hydrogen-bond donors (Lipinski definition) is 2. The summed E-state index contributed by atoms with van der Waals surface area (Å²) in [5.74, 6) is 0.842. The van der Waals surface area contributed by atoms with Crippen LogP contribution in [-0.4, -0.2) is 42.5 Å². The van der Waals surface area contributed by atoms with Gasteiger partial charge in [0.05, 0.1) is 0 Å². The Bertz CT molecular complexity index is 613. The molecule has 26 heavy (non-hydrogen) atoms. The lowest BCUT2D eigenvalue weighted by Crippen LogP contribution is -2.47. The molecule has 1 heterocycles. The van der Waals surface area contributed by atoms with E-state index in [9.17, 15) is 9.59 Å². The predicted molar refractivity (Wildman–Crippen MR) is 105 cm³/mol. The molecule has 5 nitrogen and oxygen atoms in total. The first-order valence-corrected chi connectivity index (χ1v) is 9.80. The second-order valence-electron chi connectivity index (χ2n) is 7.95. The summed E-state index contributed by atoms with van der Waals surface area (Å²) in [6, 6.07) is 8.01. The monoisotopic (exact) mass is 359 g/mol. The van der Waals surface area contributed by atoms with E-state index < -0.39 is 0 Å². The molecule has 1 aliphatic rings. The van der Waals surface area contributed by atoms with Crippen molar-refractivity contribution >= 4 is 11.9 Å². The Morgan fingerprint density at radius 1 is 1.23 bits per heavy atom. The van der Waals surface area contributed by atoms with Gasteiger partial charge in [0.1, 0.15) is 0 Å². The molecule has 1 unspecified atom stereocenters. The van der Waals surface area contributed by atoms with Crippen LogP contribution in [-0.2, 0) is 0 Å². The van der Waals surface area contributed by atoms with E-state index in [-0.39, 0.29) is 23.9 Å². The molecule has 2 rings (SSSR count). The van der Waals surface area contributed by atoms with Crippen LogP contribution in [0.25, 0.3) is 0 Å². The van der Waals surface area contributed by atoms with Crippen LogP contribution >= 0.6 is 0 Å². The number of carbonyl (C=O) groups excluding carboxylic acids is 2. The molecule has 0 aliphatic carbocycles. The van der Waals surface area contributed by atoms with Gasteiger partial charge in [-0.1, -0.05) is 26.0 Å². The van der Waals surface area contributed by atoms with E-state index in [0.29, 0.717) is 24.6 Å². The zero-order chi connectivity index (χ0) is 19.1. The number of benzene rings is 1. The molecule has 0 radical (unpaired) electrons. The van der Waals surface area contributed by atoms with Crippen molar-refractivity contribution in [2.75, 3.05) is 19.6 Å². The Morgan fingerprint density at radius 2 is 2.00 bits per heavy atom. The first kappa shape index (κ1) is 20.3. The van der Waals surface area contributed by atoms with Gasteiger partial charge >= 0.3 is 6.03 Å². The van der Waals surface area contributed by atoms with E-state index >= 15 is 0 Å². The van der Waals surface area contributed by atoms with Crippen LogP contribution in [0.1, 0.15) is 68.8 Å². The number of rotatable bonds is 6. The molecule has 1 aliphatic heterocycles. The highest BCUT2D eigenvalue weighted by atomic mass is 16.2. The lowest BCUT2D eigenvalue weighted by atomic mass is 9.89. The van der Waals surface area contributed by atoms with Gasteiger partial charge < -0.3 is 15.5 Å². The average molecular weight is 360 g/mol. The molecule has 3 amide bonds. The van der Waals surface area contributed by atoms with Gasteiger partial charge in [0.15, 0.2) is 0 Å². The summed E-state index contributed by atoms with van der Waals surface area (Å²) in [6.45, 7) is 10.4. The Kier molecular flexibility index (Phi) is 7.49. The summed E-state index contributed by atoms with van der Waals surface area (Å²) in [7, 11) is 0. The van der Waals surface area contributed by atoms with Crippen LogP contribution in [0.2, 0.25) is 0 Å². The molecule has 1 fully saturated rings. The lowest BCUT2D eigenvalue weighted by molar-refractivity contribution is 0.0951. The van der Waals surface area contributed by atoms with Crippen LogP contribution < -0.4 is 10.6 Å². The molecule has 1 atom stereocenters. The fourth-order valence-corrected chi connectivity index (χ4v) is 3.28. The van der Waals surface area contributed by atoms with Crippen LogP contribution in [0.5, 0.6) is 0 Å². The topological polar surface area (TPSA) is 61.4 Å². The number of carbonyl (C=O) groups is 2. The van der Waals surface area contributed by atoms with Crippen LogP contribution in [0.4, 0.5) is 4.79 Å². The van der Waals surface area contributed by atoms with E-state index in [4.69, 9.17) is 0 Å². The SMILES string of the molecule is CC(C)CCNC(=O)c1cccc(C2CCCN(C(=O)NC(C)C)C2)c1. The van der Waals surface area contributed by atoms with Crippen molar-refractivity contribution in [2.45, 2.75) is 58.9 Å². The van der Waals surface area contributed by atoms with Crippen molar-refractivity contribution in [3.8, 4) is 0 Å². The summed E-state index contributed by atoms with van der Waals surface area (Å²) in [5, 5.41) is 5.96.